The van der Waals surface area contributed by atoms with Gasteiger partial charge in [0.1, 0.15) is 12.1 Å². The van der Waals surface area contributed by atoms with Crippen LogP contribution >= 0.6 is 11.8 Å². The smallest absolute Gasteiger partial charge is 0.324 e. The number of para-hydroxylation sites is 1. The number of thioether (sulfide) groups is 1. The van der Waals surface area contributed by atoms with Gasteiger partial charge in [-0.1, -0.05) is 36.4 Å². The summed E-state index contributed by atoms with van der Waals surface area (Å²) < 4.78 is 0. The van der Waals surface area contributed by atoms with Crippen molar-refractivity contribution in [1.29, 1.82) is 5.26 Å². The van der Waals surface area contributed by atoms with Crippen LogP contribution in [-0.4, -0.2) is 35.0 Å². The van der Waals surface area contributed by atoms with Crippen molar-refractivity contribution >= 4 is 35.3 Å². The van der Waals surface area contributed by atoms with Crippen LogP contribution in [0.1, 0.15) is 18.1 Å². The maximum absolute atomic E-state index is 13.0. The zero-order valence-electron chi connectivity index (χ0n) is 16.1. The Labute approximate surface area is 173 Å². The first-order valence-corrected chi connectivity index (χ1v) is 9.94. The van der Waals surface area contributed by atoms with Gasteiger partial charge < -0.3 is 10.6 Å². The number of hydrogen-bond donors (Lipinski definition) is 2. The minimum absolute atomic E-state index is 0.245. The van der Waals surface area contributed by atoms with E-state index in [4.69, 9.17) is 5.26 Å². The molecule has 2 aromatic carbocycles. The fraction of sp³-hybridized carbons (Fsp3) is 0.238. The Balaban J connectivity index is 1.75. The first kappa shape index (κ1) is 20.4. The van der Waals surface area contributed by atoms with Crippen LogP contribution in [-0.2, 0) is 15.1 Å². The van der Waals surface area contributed by atoms with Crippen molar-refractivity contribution in [3.8, 4) is 6.07 Å². The van der Waals surface area contributed by atoms with E-state index in [9.17, 15) is 14.4 Å². The Bertz CT molecular complexity index is 1020. The van der Waals surface area contributed by atoms with Gasteiger partial charge in [0.15, 0.2) is 0 Å². The van der Waals surface area contributed by atoms with Crippen LogP contribution in [0.5, 0.6) is 0 Å². The van der Waals surface area contributed by atoms with E-state index < -0.39 is 29.9 Å². The van der Waals surface area contributed by atoms with Gasteiger partial charge in [-0.15, -0.1) is 11.8 Å². The van der Waals surface area contributed by atoms with E-state index in [2.05, 4.69) is 10.6 Å². The molecule has 8 heteroatoms. The summed E-state index contributed by atoms with van der Waals surface area (Å²) in [5.74, 6) is -0.721. The topological polar surface area (TPSA) is 102 Å². The fourth-order valence-electron chi connectivity index (χ4n) is 3.30. The van der Waals surface area contributed by atoms with Gasteiger partial charge in [-0.25, -0.2) is 4.79 Å². The van der Waals surface area contributed by atoms with Gasteiger partial charge >= 0.3 is 6.03 Å². The van der Waals surface area contributed by atoms with E-state index in [0.29, 0.717) is 11.3 Å². The zero-order chi connectivity index (χ0) is 21.0. The summed E-state index contributed by atoms with van der Waals surface area (Å²) in [5, 5.41) is 14.2. The Morgan fingerprint density at radius 1 is 1.21 bits per heavy atom. The molecule has 148 valence electrons. The summed E-state index contributed by atoms with van der Waals surface area (Å²) in [6.07, 6.45) is 0. The molecule has 0 saturated carbocycles. The average Bonchev–Trinajstić information content (AvgIpc) is 2.91. The molecule has 1 heterocycles. The van der Waals surface area contributed by atoms with Gasteiger partial charge in [-0.3, -0.25) is 14.5 Å². The molecule has 2 N–H and O–H groups in total. The van der Waals surface area contributed by atoms with Gasteiger partial charge in [0.2, 0.25) is 5.91 Å². The van der Waals surface area contributed by atoms with Gasteiger partial charge in [0, 0.05) is 4.90 Å². The third-order valence-electron chi connectivity index (χ3n) is 4.71. The second-order valence-corrected chi connectivity index (χ2v) is 7.77. The highest BCUT2D eigenvalue weighted by Crippen LogP contribution is 2.31. The summed E-state index contributed by atoms with van der Waals surface area (Å²) in [4.78, 5) is 39.7. The number of nitrogens with one attached hydrogen (secondary N) is 2. The summed E-state index contributed by atoms with van der Waals surface area (Å²) in [6, 6.07) is 15.8. The monoisotopic (exact) mass is 408 g/mol. The highest BCUT2D eigenvalue weighted by atomic mass is 32.2. The molecular formula is C21H20N4O3S. The van der Waals surface area contributed by atoms with E-state index in [1.165, 1.54) is 11.8 Å². The molecule has 1 aliphatic rings. The summed E-state index contributed by atoms with van der Waals surface area (Å²) in [7, 11) is 0. The third-order valence-corrected chi connectivity index (χ3v) is 5.65. The van der Waals surface area contributed by atoms with E-state index in [1.54, 1.807) is 43.3 Å². The van der Waals surface area contributed by atoms with Crippen LogP contribution in [0.2, 0.25) is 0 Å². The first-order chi connectivity index (χ1) is 13.9. The Kier molecular flexibility index (Phi) is 5.89. The molecule has 1 saturated heterocycles. The second kappa shape index (κ2) is 8.37. The SMILES string of the molecule is Cc1ccccc1C1(C)NC(=O)N(CC(=O)Nc2ccccc2SCC#N)C1=O. The van der Waals surface area contributed by atoms with Crippen LogP contribution in [0.4, 0.5) is 10.5 Å². The first-order valence-electron chi connectivity index (χ1n) is 8.95. The molecule has 0 aromatic heterocycles. The van der Waals surface area contributed by atoms with E-state index >= 15 is 0 Å². The highest BCUT2D eigenvalue weighted by Gasteiger charge is 2.50. The number of aryl methyl sites for hydroxylation is 1. The molecule has 0 bridgehead atoms. The molecule has 1 unspecified atom stereocenters. The molecule has 3 rings (SSSR count). The predicted molar refractivity (Wildman–Crippen MR) is 110 cm³/mol. The lowest BCUT2D eigenvalue weighted by Crippen LogP contribution is -2.42. The number of benzene rings is 2. The Hall–Kier alpha value is -3.31. The fourth-order valence-corrected chi connectivity index (χ4v) is 3.97. The van der Waals surface area contributed by atoms with Crippen molar-refractivity contribution < 1.29 is 14.4 Å². The number of rotatable bonds is 6. The van der Waals surface area contributed by atoms with Crippen LogP contribution in [0.15, 0.2) is 53.4 Å². The highest BCUT2D eigenvalue weighted by molar-refractivity contribution is 7.99. The van der Waals surface area contributed by atoms with E-state index in [1.807, 2.05) is 25.1 Å². The van der Waals surface area contributed by atoms with E-state index in [0.717, 1.165) is 15.4 Å². The average molecular weight is 408 g/mol. The molecule has 4 amide bonds. The lowest BCUT2D eigenvalue weighted by molar-refractivity contribution is -0.133. The van der Waals surface area contributed by atoms with Gasteiger partial charge in [-0.2, -0.15) is 5.26 Å². The molecule has 0 radical (unpaired) electrons. The van der Waals surface area contributed by atoms with Crippen LogP contribution in [0, 0.1) is 18.3 Å². The summed E-state index contributed by atoms with van der Waals surface area (Å²) in [5.41, 5.74) is 0.882. The van der Waals surface area contributed by atoms with Crippen LogP contribution in [0.3, 0.4) is 0 Å². The number of nitriles is 1. The van der Waals surface area contributed by atoms with E-state index in [-0.39, 0.29) is 5.75 Å². The van der Waals surface area contributed by atoms with Gasteiger partial charge in [0.25, 0.3) is 5.91 Å². The van der Waals surface area contributed by atoms with Crippen molar-refractivity contribution in [3.63, 3.8) is 0 Å². The Morgan fingerprint density at radius 2 is 1.90 bits per heavy atom. The summed E-state index contributed by atoms with van der Waals surface area (Å²) in [6.45, 7) is 3.11. The number of imide groups is 1. The molecular weight excluding hydrogens is 388 g/mol. The van der Waals surface area contributed by atoms with Gasteiger partial charge in [-0.05, 0) is 37.1 Å². The molecule has 7 nitrogen and oxygen atoms in total. The number of hydrogen-bond acceptors (Lipinski definition) is 5. The van der Waals surface area contributed by atoms with Gasteiger partial charge in [0.05, 0.1) is 17.5 Å². The molecule has 1 fully saturated rings. The third kappa shape index (κ3) is 4.10. The number of carbonyl (C=O) groups is 3. The van der Waals surface area contributed by atoms with Crippen molar-refractivity contribution in [2.75, 3.05) is 17.6 Å². The number of carbonyl (C=O) groups excluding carboxylic acids is 3. The Morgan fingerprint density at radius 3 is 2.62 bits per heavy atom. The molecule has 2 aromatic rings. The minimum Gasteiger partial charge on any atom is -0.324 e. The maximum atomic E-state index is 13.0. The maximum Gasteiger partial charge on any atom is 0.325 e. The van der Waals surface area contributed by atoms with Crippen molar-refractivity contribution in [2.24, 2.45) is 0 Å². The second-order valence-electron chi connectivity index (χ2n) is 6.75. The molecule has 0 spiro atoms. The number of anilines is 1. The van der Waals surface area contributed by atoms with Crippen LogP contribution < -0.4 is 10.6 Å². The lowest BCUT2D eigenvalue weighted by atomic mass is 9.88. The number of amides is 4. The normalized spacial score (nSPS) is 18.3. The predicted octanol–water partition coefficient (Wildman–Crippen LogP) is 3.02. The van der Waals surface area contributed by atoms with Crippen molar-refractivity contribution in [2.45, 2.75) is 24.3 Å². The molecule has 29 heavy (non-hydrogen) atoms. The molecule has 1 aliphatic heterocycles. The van der Waals surface area contributed by atoms with Crippen molar-refractivity contribution in [1.82, 2.24) is 10.2 Å². The zero-order valence-corrected chi connectivity index (χ0v) is 16.9. The molecule has 0 aliphatic carbocycles. The minimum atomic E-state index is -1.22. The number of nitrogens with zero attached hydrogens (tertiary/aromatic N) is 2. The summed E-state index contributed by atoms with van der Waals surface area (Å²) >= 11 is 1.30. The molecule has 1 atom stereocenters. The number of urea groups is 1. The van der Waals surface area contributed by atoms with Crippen molar-refractivity contribution in [3.05, 3.63) is 59.7 Å². The standard InChI is InChI=1S/C21H20N4O3S/c1-14-7-3-4-8-15(14)21(2)19(27)25(20(28)24-21)13-18(26)23-16-9-5-6-10-17(16)29-12-11-22/h3-10H,12-13H2,1-2H3,(H,23,26)(H,24,28). The lowest BCUT2D eigenvalue weighted by Gasteiger charge is -2.24. The van der Waals surface area contributed by atoms with Crippen LogP contribution in [0.25, 0.3) is 0 Å². The quantitative estimate of drug-likeness (QED) is 0.565. The largest absolute Gasteiger partial charge is 0.325 e.